The minimum absolute atomic E-state index is 0.524. The van der Waals surface area contributed by atoms with Gasteiger partial charge in [0.25, 0.3) is 0 Å². The van der Waals surface area contributed by atoms with Crippen LogP contribution in [0.2, 0.25) is 5.02 Å². The minimum Gasteiger partial charge on any atom is -0.493 e. The molecule has 0 fully saturated rings. The number of nitrogens with one attached hydrogen (secondary N) is 2. The fourth-order valence-electron chi connectivity index (χ4n) is 2.78. The van der Waals surface area contributed by atoms with Gasteiger partial charge >= 0.3 is 0 Å². The number of aromatic nitrogens is 2. The molecule has 2 N–H and O–H groups in total. The summed E-state index contributed by atoms with van der Waals surface area (Å²) < 4.78 is 10.6. The van der Waals surface area contributed by atoms with Crippen LogP contribution in [-0.2, 0) is 6.42 Å². The zero-order chi connectivity index (χ0) is 19.9. The SMILES string of the molecule is COc1ccc(CCNc2cc(C)nc(Nc3cccc(Cl)c3)n2)cc1OC. The zero-order valence-corrected chi connectivity index (χ0v) is 16.9. The maximum Gasteiger partial charge on any atom is 0.229 e. The van der Waals surface area contributed by atoms with E-state index in [1.807, 2.05) is 55.5 Å². The van der Waals surface area contributed by atoms with Gasteiger partial charge in [-0.05, 0) is 49.2 Å². The van der Waals surface area contributed by atoms with Crippen molar-refractivity contribution in [2.24, 2.45) is 0 Å². The number of hydrogen-bond acceptors (Lipinski definition) is 6. The summed E-state index contributed by atoms with van der Waals surface area (Å²) >= 11 is 6.03. The number of methoxy groups -OCH3 is 2. The lowest BCUT2D eigenvalue weighted by Crippen LogP contribution is -2.09. The maximum absolute atomic E-state index is 6.03. The van der Waals surface area contributed by atoms with Gasteiger partial charge in [-0.2, -0.15) is 4.98 Å². The first-order valence-corrected chi connectivity index (χ1v) is 9.28. The molecule has 0 amide bonds. The third kappa shape index (κ3) is 5.27. The number of hydrogen-bond donors (Lipinski definition) is 2. The van der Waals surface area contributed by atoms with Crippen LogP contribution in [0.25, 0.3) is 0 Å². The number of halogens is 1. The summed E-state index contributed by atoms with van der Waals surface area (Å²) in [5.41, 5.74) is 2.86. The Kier molecular flexibility index (Phi) is 6.55. The summed E-state index contributed by atoms with van der Waals surface area (Å²) in [5.74, 6) is 2.74. The number of benzene rings is 2. The first-order chi connectivity index (χ1) is 13.6. The van der Waals surface area contributed by atoms with E-state index in [9.17, 15) is 0 Å². The normalized spacial score (nSPS) is 10.4. The average Bonchev–Trinajstić information content (AvgIpc) is 2.67. The topological polar surface area (TPSA) is 68.3 Å². The molecule has 0 saturated carbocycles. The molecule has 0 bridgehead atoms. The Morgan fingerprint density at radius 2 is 1.79 bits per heavy atom. The lowest BCUT2D eigenvalue weighted by molar-refractivity contribution is 0.354. The highest BCUT2D eigenvalue weighted by Gasteiger charge is 2.06. The smallest absolute Gasteiger partial charge is 0.229 e. The Morgan fingerprint density at radius 3 is 2.54 bits per heavy atom. The predicted molar refractivity (Wildman–Crippen MR) is 113 cm³/mol. The average molecular weight is 399 g/mol. The highest BCUT2D eigenvalue weighted by Crippen LogP contribution is 2.27. The second-order valence-corrected chi connectivity index (χ2v) is 6.66. The monoisotopic (exact) mass is 398 g/mol. The summed E-state index contributed by atoms with van der Waals surface area (Å²) in [7, 11) is 3.27. The molecule has 0 saturated heterocycles. The molecular weight excluding hydrogens is 376 g/mol. The second kappa shape index (κ2) is 9.28. The minimum atomic E-state index is 0.524. The van der Waals surface area contributed by atoms with Gasteiger partial charge in [0.15, 0.2) is 11.5 Å². The van der Waals surface area contributed by atoms with Crippen LogP contribution in [0.1, 0.15) is 11.3 Å². The van der Waals surface area contributed by atoms with Gasteiger partial charge in [0, 0.05) is 29.0 Å². The van der Waals surface area contributed by atoms with E-state index in [-0.39, 0.29) is 0 Å². The van der Waals surface area contributed by atoms with Crippen molar-refractivity contribution >= 4 is 29.1 Å². The van der Waals surface area contributed by atoms with E-state index in [1.165, 1.54) is 0 Å². The third-order valence-corrected chi connectivity index (χ3v) is 4.34. The summed E-state index contributed by atoms with van der Waals surface area (Å²) in [6.07, 6.45) is 0.820. The van der Waals surface area contributed by atoms with Crippen LogP contribution < -0.4 is 20.1 Å². The van der Waals surface area contributed by atoms with Crippen molar-refractivity contribution in [3.05, 3.63) is 64.8 Å². The Balaban J connectivity index is 1.64. The molecule has 0 radical (unpaired) electrons. The van der Waals surface area contributed by atoms with Gasteiger partial charge < -0.3 is 20.1 Å². The molecule has 28 heavy (non-hydrogen) atoms. The zero-order valence-electron chi connectivity index (χ0n) is 16.1. The molecule has 3 aromatic rings. The standard InChI is InChI=1S/C21H23ClN4O2/c1-14-11-20(26-21(24-14)25-17-6-4-5-16(22)13-17)23-10-9-15-7-8-18(27-2)19(12-15)28-3/h4-8,11-13H,9-10H2,1-3H3,(H2,23,24,25,26). The fraction of sp³-hybridized carbons (Fsp3) is 0.238. The predicted octanol–water partition coefficient (Wildman–Crippen LogP) is 4.85. The Bertz CT molecular complexity index is 949. The molecule has 0 spiro atoms. The van der Waals surface area contributed by atoms with Crippen LogP contribution in [0.5, 0.6) is 11.5 Å². The number of anilines is 3. The van der Waals surface area contributed by atoms with E-state index < -0.39 is 0 Å². The molecular formula is C21H23ClN4O2. The van der Waals surface area contributed by atoms with Gasteiger partial charge in [0.05, 0.1) is 14.2 Å². The summed E-state index contributed by atoms with van der Waals surface area (Å²) in [6, 6.07) is 15.3. The van der Waals surface area contributed by atoms with Crippen LogP contribution >= 0.6 is 11.6 Å². The van der Waals surface area contributed by atoms with Gasteiger partial charge in [-0.15, -0.1) is 0 Å². The van der Waals surface area contributed by atoms with Crippen LogP contribution in [0.4, 0.5) is 17.5 Å². The van der Waals surface area contributed by atoms with Gasteiger partial charge in [-0.25, -0.2) is 4.98 Å². The summed E-state index contributed by atoms with van der Waals surface area (Å²) in [5, 5.41) is 7.19. The van der Waals surface area contributed by atoms with E-state index >= 15 is 0 Å². The number of rotatable bonds is 8. The molecule has 0 unspecified atom stereocenters. The van der Waals surface area contributed by atoms with Gasteiger partial charge in [0.2, 0.25) is 5.95 Å². The number of aryl methyl sites for hydroxylation is 1. The van der Waals surface area contributed by atoms with E-state index in [0.29, 0.717) is 11.0 Å². The molecule has 3 rings (SSSR count). The molecule has 7 heteroatoms. The van der Waals surface area contributed by atoms with Crippen LogP contribution in [0.3, 0.4) is 0 Å². The third-order valence-electron chi connectivity index (χ3n) is 4.10. The highest BCUT2D eigenvalue weighted by atomic mass is 35.5. The first kappa shape index (κ1) is 19.8. The Hall–Kier alpha value is -2.99. The highest BCUT2D eigenvalue weighted by molar-refractivity contribution is 6.30. The van der Waals surface area contributed by atoms with Crippen molar-refractivity contribution in [2.45, 2.75) is 13.3 Å². The van der Waals surface area contributed by atoms with Crippen LogP contribution in [-0.4, -0.2) is 30.7 Å². The Labute approximate surface area is 169 Å². The molecule has 1 heterocycles. The molecule has 6 nitrogen and oxygen atoms in total. The first-order valence-electron chi connectivity index (χ1n) is 8.90. The van der Waals surface area contributed by atoms with Crippen molar-refractivity contribution in [3.63, 3.8) is 0 Å². The summed E-state index contributed by atoms with van der Waals surface area (Å²) in [6.45, 7) is 2.66. The fourth-order valence-corrected chi connectivity index (χ4v) is 2.97. The van der Waals surface area contributed by atoms with E-state index in [0.717, 1.165) is 47.2 Å². The number of ether oxygens (including phenoxy) is 2. The molecule has 0 atom stereocenters. The Morgan fingerprint density at radius 1 is 0.964 bits per heavy atom. The molecule has 1 aromatic heterocycles. The maximum atomic E-state index is 6.03. The second-order valence-electron chi connectivity index (χ2n) is 6.22. The van der Waals surface area contributed by atoms with Crippen LogP contribution in [0.15, 0.2) is 48.5 Å². The quantitative estimate of drug-likeness (QED) is 0.565. The van der Waals surface area contributed by atoms with Crippen LogP contribution in [0, 0.1) is 6.92 Å². The van der Waals surface area contributed by atoms with Crippen molar-refractivity contribution in [3.8, 4) is 11.5 Å². The van der Waals surface area contributed by atoms with E-state index in [4.69, 9.17) is 21.1 Å². The largest absolute Gasteiger partial charge is 0.493 e. The molecule has 146 valence electrons. The molecule has 0 aliphatic rings. The van der Waals surface area contributed by atoms with Crippen molar-refractivity contribution < 1.29 is 9.47 Å². The van der Waals surface area contributed by atoms with Crippen molar-refractivity contribution in [2.75, 3.05) is 31.4 Å². The van der Waals surface area contributed by atoms with Gasteiger partial charge in [0.1, 0.15) is 5.82 Å². The van der Waals surface area contributed by atoms with Gasteiger partial charge in [-0.3, -0.25) is 0 Å². The molecule has 0 aliphatic heterocycles. The molecule has 0 aliphatic carbocycles. The van der Waals surface area contributed by atoms with E-state index in [2.05, 4.69) is 20.6 Å². The number of nitrogens with zero attached hydrogens (tertiary/aromatic N) is 2. The molecule has 2 aromatic carbocycles. The lowest BCUT2D eigenvalue weighted by atomic mass is 10.1. The van der Waals surface area contributed by atoms with E-state index in [1.54, 1.807) is 14.2 Å². The van der Waals surface area contributed by atoms with Crippen molar-refractivity contribution in [1.29, 1.82) is 0 Å². The summed E-state index contributed by atoms with van der Waals surface area (Å²) in [4.78, 5) is 8.96. The lowest BCUT2D eigenvalue weighted by Gasteiger charge is -2.11. The van der Waals surface area contributed by atoms with Crippen molar-refractivity contribution in [1.82, 2.24) is 9.97 Å². The van der Waals surface area contributed by atoms with Gasteiger partial charge in [-0.1, -0.05) is 23.7 Å².